The number of benzene rings is 1. The fourth-order valence-electron chi connectivity index (χ4n) is 2.93. The number of amides is 2. The van der Waals surface area contributed by atoms with Crippen molar-refractivity contribution in [1.29, 1.82) is 0 Å². The fraction of sp³-hybridized carbons (Fsp3) is 0.556. The number of piperidine rings is 1. The van der Waals surface area contributed by atoms with Crippen LogP contribution < -0.4 is 10.6 Å². The summed E-state index contributed by atoms with van der Waals surface area (Å²) in [5.74, 6) is 0. The molecule has 7 nitrogen and oxygen atoms in total. The SMILES string of the molecule is CC(C)(C)OC(=O)N[C@@H]1CNCC[C@H]1N(Cc1ccccc1)C(=O)O. The molecule has 1 aliphatic rings. The van der Waals surface area contributed by atoms with Crippen molar-refractivity contribution in [3.8, 4) is 0 Å². The molecule has 1 fully saturated rings. The summed E-state index contributed by atoms with van der Waals surface area (Å²) in [5, 5.41) is 15.7. The smallest absolute Gasteiger partial charge is 0.407 e. The van der Waals surface area contributed by atoms with E-state index < -0.39 is 17.8 Å². The minimum Gasteiger partial charge on any atom is -0.465 e. The lowest BCUT2D eigenvalue weighted by molar-refractivity contribution is 0.0425. The molecule has 1 aromatic rings. The van der Waals surface area contributed by atoms with Crippen molar-refractivity contribution >= 4 is 12.2 Å². The Bertz CT molecular complexity index is 586. The van der Waals surface area contributed by atoms with E-state index in [-0.39, 0.29) is 18.6 Å². The average Bonchev–Trinajstić information content (AvgIpc) is 2.52. The van der Waals surface area contributed by atoms with Crippen LogP contribution in [0.15, 0.2) is 30.3 Å². The molecule has 0 radical (unpaired) electrons. The number of alkyl carbamates (subject to hydrolysis) is 1. The van der Waals surface area contributed by atoms with Crippen molar-refractivity contribution in [3.05, 3.63) is 35.9 Å². The highest BCUT2D eigenvalue weighted by atomic mass is 16.6. The molecule has 1 saturated heterocycles. The number of carbonyl (C=O) groups is 2. The van der Waals surface area contributed by atoms with E-state index in [4.69, 9.17) is 4.74 Å². The Kier molecular flexibility index (Phi) is 6.25. The van der Waals surface area contributed by atoms with Gasteiger partial charge in [-0.2, -0.15) is 0 Å². The van der Waals surface area contributed by atoms with Gasteiger partial charge in [-0.1, -0.05) is 30.3 Å². The first-order chi connectivity index (χ1) is 11.8. The summed E-state index contributed by atoms with van der Waals surface area (Å²) in [4.78, 5) is 25.3. The van der Waals surface area contributed by atoms with Crippen LogP contribution in [-0.2, 0) is 11.3 Å². The number of hydrogen-bond donors (Lipinski definition) is 3. The largest absolute Gasteiger partial charge is 0.465 e. The van der Waals surface area contributed by atoms with Crippen LogP contribution in [0.2, 0.25) is 0 Å². The molecule has 0 spiro atoms. The van der Waals surface area contributed by atoms with Crippen LogP contribution in [0.25, 0.3) is 0 Å². The summed E-state index contributed by atoms with van der Waals surface area (Å²) in [5.41, 5.74) is 0.317. The van der Waals surface area contributed by atoms with Crippen LogP contribution in [0.4, 0.5) is 9.59 Å². The van der Waals surface area contributed by atoms with Crippen molar-refractivity contribution in [2.24, 2.45) is 0 Å². The zero-order valence-electron chi connectivity index (χ0n) is 15.0. The van der Waals surface area contributed by atoms with E-state index in [9.17, 15) is 14.7 Å². The van der Waals surface area contributed by atoms with Crippen molar-refractivity contribution in [1.82, 2.24) is 15.5 Å². The van der Waals surface area contributed by atoms with Gasteiger partial charge in [-0.3, -0.25) is 4.90 Å². The van der Waals surface area contributed by atoms with E-state index in [1.807, 2.05) is 30.3 Å². The maximum atomic E-state index is 12.1. The number of hydrogen-bond acceptors (Lipinski definition) is 4. The molecular formula is C18H27N3O4. The first kappa shape index (κ1) is 19.1. The van der Waals surface area contributed by atoms with Crippen molar-refractivity contribution < 1.29 is 19.4 Å². The number of nitrogens with one attached hydrogen (secondary N) is 2. The lowest BCUT2D eigenvalue weighted by Crippen LogP contribution is -2.60. The monoisotopic (exact) mass is 349 g/mol. The quantitative estimate of drug-likeness (QED) is 0.776. The van der Waals surface area contributed by atoms with Gasteiger partial charge in [-0.15, -0.1) is 0 Å². The van der Waals surface area contributed by atoms with Gasteiger partial charge in [0.05, 0.1) is 12.1 Å². The van der Waals surface area contributed by atoms with E-state index in [1.165, 1.54) is 4.90 Å². The van der Waals surface area contributed by atoms with E-state index >= 15 is 0 Å². The van der Waals surface area contributed by atoms with E-state index in [0.29, 0.717) is 19.5 Å². The van der Waals surface area contributed by atoms with Gasteiger partial charge in [0.15, 0.2) is 0 Å². The lowest BCUT2D eigenvalue weighted by Gasteiger charge is -2.39. The third-order valence-electron chi connectivity index (χ3n) is 3.99. The Morgan fingerprint density at radius 3 is 2.60 bits per heavy atom. The maximum absolute atomic E-state index is 12.1. The number of rotatable bonds is 4. The van der Waals surface area contributed by atoms with Gasteiger partial charge in [0.25, 0.3) is 0 Å². The second-order valence-corrected chi connectivity index (χ2v) is 7.21. The highest BCUT2D eigenvalue weighted by molar-refractivity contribution is 5.69. The van der Waals surface area contributed by atoms with Crippen LogP contribution >= 0.6 is 0 Å². The molecule has 2 rings (SSSR count). The van der Waals surface area contributed by atoms with Gasteiger partial charge >= 0.3 is 12.2 Å². The molecule has 1 heterocycles. The van der Waals surface area contributed by atoms with Gasteiger partial charge in [-0.05, 0) is 39.3 Å². The highest BCUT2D eigenvalue weighted by Crippen LogP contribution is 2.17. The Morgan fingerprint density at radius 1 is 1.32 bits per heavy atom. The molecule has 0 unspecified atom stereocenters. The number of ether oxygens (including phenoxy) is 1. The summed E-state index contributed by atoms with van der Waals surface area (Å²) in [7, 11) is 0. The Labute approximate surface area is 148 Å². The predicted octanol–water partition coefficient (Wildman–Crippen LogP) is 2.42. The molecule has 0 aromatic heterocycles. The van der Waals surface area contributed by atoms with Crippen molar-refractivity contribution in [2.75, 3.05) is 13.1 Å². The van der Waals surface area contributed by atoms with Gasteiger partial charge in [0.1, 0.15) is 5.60 Å². The standard InChI is InChI=1S/C18H27N3O4/c1-18(2,3)25-16(22)20-14-11-19-10-9-15(14)21(17(23)24)12-13-7-5-4-6-8-13/h4-8,14-15,19H,9-12H2,1-3H3,(H,20,22)(H,23,24)/t14-,15-/m1/s1. The van der Waals surface area contributed by atoms with E-state index in [1.54, 1.807) is 20.8 Å². The normalized spacial score (nSPS) is 20.6. The van der Waals surface area contributed by atoms with Gasteiger partial charge in [0.2, 0.25) is 0 Å². The number of nitrogens with zero attached hydrogens (tertiary/aromatic N) is 1. The minimum absolute atomic E-state index is 0.285. The summed E-state index contributed by atoms with van der Waals surface area (Å²) < 4.78 is 5.30. The predicted molar refractivity (Wildman–Crippen MR) is 94.4 cm³/mol. The zero-order chi connectivity index (χ0) is 18.4. The molecule has 0 bridgehead atoms. The second kappa shape index (κ2) is 8.20. The van der Waals surface area contributed by atoms with Crippen molar-refractivity contribution in [3.63, 3.8) is 0 Å². The summed E-state index contributed by atoms with van der Waals surface area (Å²) >= 11 is 0. The number of carboxylic acid groups (broad SMARTS) is 1. The van der Waals surface area contributed by atoms with Crippen LogP contribution in [0, 0.1) is 0 Å². The second-order valence-electron chi connectivity index (χ2n) is 7.21. The zero-order valence-corrected chi connectivity index (χ0v) is 15.0. The Hall–Kier alpha value is -2.28. The molecule has 3 N–H and O–H groups in total. The van der Waals surface area contributed by atoms with Crippen molar-refractivity contribution in [2.45, 2.75) is 51.4 Å². The molecule has 1 aromatic carbocycles. The summed E-state index contributed by atoms with van der Waals surface area (Å²) in [6.07, 6.45) is -0.900. The topological polar surface area (TPSA) is 90.9 Å². The van der Waals surface area contributed by atoms with Gasteiger partial charge in [-0.25, -0.2) is 9.59 Å². The first-order valence-corrected chi connectivity index (χ1v) is 8.50. The van der Waals surface area contributed by atoms with E-state index in [2.05, 4.69) is 10.6 Å². The van der Waals surface area contributed by atoms with Crippen LogP contribution in [0.5, 0.6) is 0 Å². The molecule has 0 saturated carbocycles. The lowest BCUT2D eigenvalue weighted by atomic mass is 9.98. The molecule has 25 heavy (non-hydrogen) atoms. The molecule has 2 atom stereocenters. The maximum Gasteiger partial charge on any atom is 0.407 e. The van der Waals surface area contributed by atoms with Gasteiger partial charge in [0, 0.05) is 13.1 Å². The molecule has 2 amide bonds. The third-order valence-corrected chi connectivity index (χ3v) is 3.99. The minimum atomic E-state index is -0.994. The molecule has 1 aliphatic heterocycles. The van der Waals surface area contributed by atoms with Crippen LogP contribution in [-0.4, -0.2) is 53.0 Å². The summed E-state index contributed by atoms with van der Waals surface area (Å²) in [6.45, 7) is 6.87. The Balaban J connectivity index is 2.10. The summed E-state index contributed by atoms with van der Waals surface area (Å²) in [6, 6.07) is 8.80. The van der Waals surface area contributed by atoms with Crippen LogP contribution in [0.3, 0.4) is 0 Å². The van der Waals surface area contributed by atoms with Crippen LogP contribution in [0.1, 0.15) is 32.8 Å². The molecular weight excluding hydrogens is 322 g/mol. The third kappa shape index (κ3) is 5.94. The fourth-order valence-corrected chi connectivity index (χ4v) is 2.93. The van der Waals surface area contributed by atoms with E-state index in [0.717, 1.165) is 5.56 Å². The Morgan fingerprint density at radius 2 is 2.00 bits per heavy atom. The first-order valence-electron chi connectivity index (χ1n) is 8.50. The molecule has 138 valence electrons. The van der Waals surface area contributed by atoms with Gasteiger partial charge < -0.3 is 20.5 Å². The highest BCUT2D eigenvalue weighted by Gasteiger charge is 2.34. The average molecular weight is 349 g/mol. The molecule has 0 aliphatic carbocycles. The molecule has 7 heteroatoms. The number of carbonyl (C=O) groups excluding carboxylic acids is 1.